The van der Waals surface area contributed by atoms with Crippen LogP contribution >= 0.6 is 0 Å². The molecule has 24 heavy (non-hydrogen) atoms. The number of nitrogens with zero attached hydrogens (tertiary/aromatic N) is 2. The van der Waals surface area contributed by atoms with Crippen LogP contribution in [0, 0.1) is 0 Å². The summed E-state index contributed by atoms with van der Waals surface area (Å²) in [6.07, 6.45) is 4.00. The first kappa shape index (κ1) is 15.7. The fourth-order valence-electron chi connectivity index (χ4n) is 3.98. The highest BCUT2D eigenvalue weighted by Gasteiger charge is 2.37. The van der Waals surface area contributed by atoms with Crippen LogP contribution in [0.15, 0.2) is 18.2 Å². The van der Waals surface area contributed by atoms with Crippen molar-refractivity contribution in [3.05, 3.63) is 23.8 Å². The molecule has 2 saturated heterocycles. The third-order valence-electron chi connectivity index (χ3n) is 5.18. The monoisotopic (exact) mass is 332 g/mol. The molecular formula is C18H24N2O4. The first-order valence-electron chi connectivity index (χ1n) is 8.77. The van der Waals surface area contributed by atoms with Gasteiger partial charge in [-0.2, -0.15) is 0 Å². The summed E-state index contributed by atoms with van der Waals surface area (Å²) in [5, 5.41) is 11.0. The third kappa shape index (κ3) is 3.08. The molecule has 4 rings (SSSR count). The topological polar surface area (TPSA) is 62.2 Å². The molecule has 0 unspecified atom stereocenters. The Morgan fingerprint density at radius 3 is 2.75 bits per heavy atom. The van der Waals surface area contributed by atoms with Crippen LogP contribution in [0.5, 0.6) is 11.5 Å². The van der Waals surface area contributed by atoms with E-state index in [-0.39, 0.29) is 12.7 Å². The highest BCUT2D eigenvalue weighted by molar-refractivity contribution is 5.95. The Morgan fingerprint density at radius 1 is 1.12 bits per heavy atom. The fraction of sp³-hybridized carbons (Fsp3) is 0.611. The van der Waals surface area contributed by atoms with Gasteiger partial charge in [-0.3, -0.25) is 4.79 Å². The molecule has 0 aromatic heterocycles. The van der Waals surface area contributed by atoms with E-state index in [0.717, 1.165) is 25.9 Å². The molecule has 1 aromatic rings. The maximum atomic E-state index is 12.8. The zero-order valence-corrected chi connectivity index (χ0v) is 13.9. The van der Waals surface area contributed by atoms with Gasteiger partial charge in [-0.25, -0.2) is 0 Å². The molecule has 1 amide bonds. The second kappa shape index (κ2) is 6.26. The van der Waals surface area contributed by atoms with Gasteiger partial charge in [0.2, 0.25) is 6.79 Å². The van der Waals surface area contributed by atoms with Crippen LogP contribution in [0.25, 0.3) is 0 Å². The van der Waals surface area contributed by atoms with Gasteiger partial charge in [0.05, 0.1) is 12.1 Å². The lowest BCUT2D eigenvalue weighted by atomic mass is 9.91. The Bertz CT molecular complexity index is 629. The van der Waals surface area contributed by atoms with Crippen LogP contribution < -0.4 is 9.47 Å². The average molecular weight is 332 g/mol. The molecular weight excluding hydrogens is 308 g/mol. The highest BCUT2D eigenvalue weighted by atomic mass is 16.7. The van der Waals surface area contributed by atoms with Crippen LogP contribution in [0.4, 0.5) is 0 Å². The standard InChI is InChI=1S/C18H24N2O4/c21-17(14-4-5-15-16(10-14)24-13-23-15)20-9-3-6-18(22,12-20)11-19-7-1-2-8-19/h4-5,10,22H,1-3,6-9,11-13H2/t18-/m1/s1. The van der Waals surface area contributed by atoms with Crippen LogP contribution in [0.3, 0.4) is 0 Å². The van der Waals surface area contributed by atoms with Gasteiger partial charge >= 0.3 is 0 Å². The Balaban J connectivity index is 1.46. The van der Waals surface area contributed by atoms with Gasteiger partial charge in [0.25, 0.3) is 5.91 Å². The summed E-state index contributed by atoms with van der Waals surface area (Å²) >= 11 is 0. The van der Waals surface area contributed by atoms with Gasteiger partial charge in [-0.1, -0.05) is 0 Å². The van der Waals surface area contributed by atoms with Crippen molar-refractivity contribution in [3.8, 4) is 11.5 Å². The number of likely N-dealkylation sites (tertiary alicyclic amines) is 2. The molecule has 1 N–H and O–H groups in total. The normalized spacial score (nSPS) is 26.8. The molecule has 0 radical (unpaired) electrons. The minimum absolute atomic E-state index is 0.0483. The van der Waals surface area contributed by atoms with Gasteiger partial charge in [0.15, 0.2) is 11.5 Å². The molecule has 0 aliphatic carbocycles. The molecule has 6 heteroatoms. The quantitative estimate of drug-likeness (QED) is 0.908. The Morgan fingerprint density at radius 2 is 1.92 bits per heavy atom. The first-order chi connectivity index (χ1) is 11.6. The lowest BCUT2D eigenvalue weighted by Crippen LogP contribution is -2.55. The van der Waals surface area contributed by atoms with Crippen molar-refractivity contribution in [1.29, 1.82) is 0 Å². The molecule has 2 fully saturated rings. The summed E-state index contributed by atoms with van der Waals surface area (Å²) in [5.41, 5.74) is -0.209. The summed E-state index contributed by atoms with van der Waals surface area (Å²) in [5.74, 6) is 1.24. The lowest BCUT2D eigenvalue weighted by Gasteiger charge is -2.41. The Labute approximate surface area is 141 Å². The van der Waals surface area contributed by atoms with Gasteiger partial charge in [0, 0.05) is 18.7 Å². The number of fused-ring (bicyclic) bond motifs is 1. The summed E-state index contributed by atoms with van der Waals surface area (Å²) < 4.78 is 10.7. The molecule has 3 heterocycles. The lowest BCUT2D eigenvalue weighted by molar-refractivity contribution is -0.0431. The predicted molar refractivity (Wildman–Crippen MR) is 88.3 cm³/mol. The van der Waals surface area contributed by atoms with E-state index in [0.29, 0.717) is 36.7 Å². The van der Waals surface area contributed by atoms with Crippen LogP contribution in [0.1, 0.15) is 36.0 Å². The summed E-state index contributed by atoms with van der Waals surface area (Å²) in [6.45, 7) is 4.06. The van der Waals surface area contributed by atoms with E-state index in [4.69, 9.17) is 9.47 Å². The van der Waals surface area contributed by atoms with Crippen LogP contribution in [0.2, 0.25) is 0 Å². The maximum Gasteiger partial charge on any atom is 0.254 e. The van der Waals surface area contributed by atoms with E-state index >= 15 is 0 Å². The Kier molecular flexibility index (Phi) is 4.10. The largest absolute Gasteiger partial charge is 0.454 e. The zero-order valence-electron chi connectivity index (χ0n) is 13.9. The van der Waals surface area contributed by atoms with E-state index in [1.165, 1.54) is 12.8 Å². The molecule has 130 valence electrons. The van der Waals surface area contributed by atoms with Crippen molar-refractivity contribution in [2.75, 3.05) is 39.5 Å². The number of hydrogen-bond acceptors (Lipinski definition) is 5. The van der Waals surface area contributed by atoms with Gasteiger partial charge in [0.1, 0.15) is 0 Å². The smallest absolute Gasteiger partial charge is 0.254 e. The van der Waals surface area contributed by atoms with E-state index in [1.807, 2.05) is 0 Å². The summed E-state index contributed by atoms with van der Waals surface area (Å²) in [4.78, 5) is 16.9. The van der Waals surface area contributed by atoms with Crippen molar-refractivity contribution in [1.82, 2.24) is 9.80 Å². The van der Waals surface area contributed by atoms with E-state index in [1.54, 1.807) is 23.1 Å². The van der Waals surface area contributed by atoms with Gasteiger partial charge in [-0.15, -0.1) is 0 Å². The zero-order chi connectivity index (χ0) is 16.6. The molecule has 1 aromatic carbocycles. The molecule has 1 atom stereocenters. The van der Waals surface area contributed by atoms with Crippen LogP contribution in [-0.2, 0) is 0 Å². The number of carbonyl (C=O) groups is 1. The second-order valence-corrected chi connectivity index (χ2v) is 7.11. The number of amides is 1. The molecule has 3 aliphatic rings. The first-order valence-corrected chi connectivity index (χ1v) is 8.77. The second-order valence-electron chi connectivity index (χ2n) is 7.11. The van der Waals surface area contributed by atoms with Gasteiger partial charge < -0.3 is 24.4 Å². The van der Waals surface area contributed by atoms with Crippen molar-refractivity contribution in [2.24, 2.45) is 0 Å². The number of piperidine rings is 1. The molecule has 0 bridgehead atoms. The van der Waals surface area contributed by atoms with E-state index in [2.05, 4.69) is 4.90 Å². The average Bonchev–Trinajstić information content (AvgIpc) is 3.24. The van der Waals surface area contributed by atoms with E-state index < -0.39 is 5.60 Å². The molecule has 0 spiro atoms. The van der Waals surface area contributed by atoms with Crippen molar-refractivity contribution < 1.29 is 19.4 Å². The van der Waals surface area contributed by atoms with Crippen molar-refractivity contribution in [2.45, 2.75) is 31.3 Å². The number of benzene rings is 1. The SMILES string of the molecule is O=C(c1ccc2c(c1)OCO2)N1CCC[C@@](O)(CN2CCCC2)C1. The number of β-amino-alcohol motifs (C(OH)–C–C–N with tert-alkyl or cyclic N) is 1. The maximum absolute atomic E-state index is 12.8. The minimum Gasteiger partial charge on any atom is -0.454 e. The van der Waals surface area contributed by atoms with Gasteiger partial charge in [-0.05, 0) is 57.0 Å². The van der Waals surface area contributed by atoms with Crippen LogP contribution in [-0.4, -0.2) is 65.9 Å². The number of rotatable bonds is 3. The summed E-state index contributed by atoms with van der Waals surface area (Å²) in [6, 6.07) is 5.28. The third-order valence-corrected chi connectivity index (χ3v) is 5.18. The predicted octanol–water partition coefficient (Wildman–Crippen LogP) is 1.48. The number of hydrogen-bond donors (Lipinski definition) is 1. The number of aliphatic hydroxyl groups is 1. The summed E-state index contributed by atoms with van der Waals surface area (Å²) in [7, 11) is 0. The van der Waals surface area contributed by atoms with Crippen molar-refractivity contribution >= 4 is 5.91 Å². The fourth-order valence-corrected chi connectivity index (χ4v) is 3.98. The number of ether oxygens (including phenoxy) is 2. The van der Waals surface area contributed by atoms with Crippen molar-refractivity contribution in [3.63, 3.8) is 0 Å². The molecule has 6 nitrogen and oxygen atoms in total. The minimum atomic E-state index is -0.797. The number of carbonyl (C=O) groups excluding carboxylic acids is 1. The van der Waals surface area contributed by atoms with E-state index in [9.17, 15) is 9.90 Å². The molecule has 0 saturated carbocycles. The highest BCUT2D eigenvalue weighted by Crippen LogP contribution is 2.33. The Hall–Kier alpha value is -1.79. The molecule has 3 aliphatic heterocycles.